The highest BCUT2D eigenvalue weighted by molar-refractivity contribution is 6.30. The molecule has 1 atom stereocenters. The van der Waals surface area contributed by atoms with Gasteiger partial charge in [0.2, 0.25) is 5.91 Å². The Kier molecular flexibility index (Phi) is 8.52. The van der Waals surface area contributed by atoms with E-state index in [1.807, 2.05) is 58.0 Å². The Bertz CT molecular complexity index is 837. The number of rotatable bonds is 9. The van der Waals surface area contributed by atoms with Gasteiger partial charge in [-0.3, -0.25) is 9.59 Å². The van der Waals surface area contributed by atoms with Crippen LogP contribution in [0.5, 0.6) is 5.75 Å². The van der Waals surface area contributed by atoms with Crippen LogP contribution in [0.25, 0.3) is 0 Å². The fourth-order valence-corrected chi connectivity index (χ4v) is 3.21. The molecule has 6 heteroatoms. The smallest absolute Gasteiger partial charge is 0.261 e. The van der Waals surface area contributed by atoms with Gasteiger partial charge in [0.1, 0.15) is 11.8 Å². The highest BCUT2D eigenvalue weighted by atomic mass is 35.5. The third kappa shape index (κ3) is 6.50. The average molecular weight is 417 g/mol. The molecule has 0 unspecified atom stereocenters. The number of halogens is 1. The first kappa shape index (κ1) is 22.8. The van der Waals surface area contributed by atoms with E-state index in [4.69, 9.17) is 16.3 Å². The quantitative estimate of drug-likeness (QED) is 0.663. The van der Waals surface area contributed by atoms with Crippen LogP contribution in [-0.2, 0) is 16.1 Å². The van der Waals surface area contributed by atoms with Gasteiger partial charge in [-0.2, -0.15) is 0 Å². The van der Waals surface area contributed by atoms with E-state index < -0.39 is 6.04 Å². The maximum atomic E-state index is 13.1. The summed E-state index contributed by atoms with van der Waals surface area (Å²) in [4.78, 5) is 27.2. The van der Waals surface area contributed by atoms with Crippen molar-refractivity contribution in [2.24, 2.45) is 0 Å². The van der Waals surface area contributed by atoms with Crippen LogP contribution in [-0.4, -0.2) is 35.9 Å². The largest absolute Gasteiger partial charge is 0.483 e. The number of hydrogen-bond donors (Lipinski definition) is 1. The molecule has 5 nitrogen and oxygen atoms in total. The first-order valence-electron chi connectivity index (χ1n) is 9.87. The summed E-state index contributed by atoms with van der Waals surface area (Å²) in [6, 6.07) is 12.6. The van der Waals surface area contributed by atoms with E-state index in [2.05, 4.69) is 5.32 Å². The summed E-state index contributed by atoms with van der Waals surface area (Å²) in [6.07, 6.45) is 0.509. The molecule has 0 aromatic heterocycles. The Morgan fingerprint density at radius 3 is 2.41 bits per heavy atom. The van der Waals surface area contributed by atoms with E-state index >= 15 is 0 Å². The summed E-state index contributed by atoms with van der Waals surface area (Å²) in [6.45, 7) is 8.36. The molecule has 1 N–H and O–H groups in total. The van der Waals surface area contributed by atoms with E-state index in [9.17, 15) is 9.59 Å². The second kappa shape index (κ2) is 10.9. The predicted molar refractivity (Wildman–Crippen MR) is 116 cm³/mol. The van der Waals surface area contributed by atoms with Crippen molar-refractivity contribution in [2.45, 2.75) is 46.7 Å². The molecule has 0 aliphatic rings. The van der Waals surface area contributed by atoms with Gasteiger partial charge < -0.3 is 15.0 Å². The molecule has 2 aromatic rings. The van der Waals surface area contributed by atoms with Gasteiger partial charge in [0.15, 0.2) is 6.61 Å². The first-order chi connectivity index (χ1) is 13.8. The lowest BCUT2D eigenvalue weighted by molar-refractivity contribution is -0.142. The molecule has 0 fully saturated rings. The van der Waals surface area contributed by atoms with Crippen LogP contribution < -0.4 is 10.1 Å². The monoisotopic (exact) mass is 416 g/mol. The van der Waals surface area contributed by atoms with E-state index in [1.54, 1.807) is 17.0 Å². The van der Waals surface area contributed by atoms with Crippen LogP contribution >= 0.6 is 11.6 Å². The van der Waals surface area contributed by atoms with Gasteiger partial charge in [-0.05, 0) is 62.1 Å². The summed E-state index contributed by atoms with van der Waals surface area (Å²) in [7, 11) is 0. The fraction of sp³-hybridized carbons (Fsp3) is 0.391. The molecule has 0 aliphatic heterocycles. The number of carbonyl (C=O) groups is 2. The second-order valence-electron chi connectivity index (χ2n) is 7.02. The maximum absolute atomic E-state index is 13.1. The van der Waals surface area contributed by atoms with Crippen molar-refractivity contribution in [1.82, 2.24) is 10.2 Å². The Morgan fingerprint density at radius 1 is 1.10 bits per heavy atom. The molecular formula is C23H29ClN2O3. The predicted octanol–water partition coefficient (Wildman–Crippen LogP) is 4.28. The maximum Gasteiger partial charge on any atom is 0.261 e. The molecule has 29 heavy (non-hydrogen) atoms. The molecule has 2 amide bonds. The zero-order valence-corrected chi connectivity index (χ0v) is 18.3. The molecule has 0 heterocycles. The molecule has 0 saturated carbocycles. The second-order valence-corrected chi connectivity index (χ2v) is 7.46. The molecule has 0 saturated heterocycles. The van der Waals surface area contributed by atoms with Crippen molar-refractivity contribution in [3.63, 3.8) is 0 Å². The summed E-state index contributed by atoms with van der Waals surface area (Å²) >= 11 is 5.97. The lowest BCUT2D eigenvalue weighted by Gasteiger charge is -2.30. The first-order valence-corrected chi connectivity index (χ1v) is 10.2. The summed E-state index contributed by atoms with van der Waals surface area (Å²) in [5.74, 6) is 0.277. The standard InChI is InChI=1S/C23H29ClN2O3/c1-5-20(23(28)25-6-2)26(14-18-9-11-19(24)12-10-18)22(27)15-29-21-13-16(3)7-8-17(21)4/h7-13,20H,5-6,14-15H2,1-4H3,(H,25,28)/t20-/m0/s1. The minimum Gasteiger partial charge on any atom is -0.483 e. The third-order valence-corrected chi connectivity index (χ3v) is 4.95. The van der Waals surface area contributed by atoms with Gasteiger partial charge in [-0.25, -0.2) is 0 Å². The number of nitrogens with one attached hydrogen (secondary N) is 1. The minimum absolute atomic E-state index is 0.131. The zero-order valence-electron chi connectivity index (χ0n) is 17.5. The Labute approximate surface area is 178 Å². The molecule has 0 radical (unpaired) electrons. The Hall–Kier alpha value is -2.53. The van der Waals surface area contributed by atoms with Crippen molar-refractivity contribution in [3.8, 4) is 5.75 Å². The van der Waals surface area contributed by atoms with Crippen LogP contribution in [0.4, 0.5) is 0 Å². The highest BCUT2D eigenvalue weighted by Gasteiger charge is 2.28. The van der Waals surface area contributed by atoms with Gasteiger partial charge in [-0.15, -0.1) is 0 Å². The van der Waals surface area contributed by atoms with Crippen LogP contribution in [0.2, 0.25) is 5.02 Å². The average Bonchev–Trinajstić information content (AvgIpc) is 2.70. The number of amides is 2. The SMILES string of the molecule is CCNC(=O)[C@H](CC)N(Cc1ccc(Cl)cc1)C(=O)COc1cc(C)ccc1C. The number of ether oxygens (including phenoxy) is 1. The highest BCUT2D eigenvalue weighted by Crippen LogP contribution is 2.20. The normalized spacial score (nSPS) is 11.6. The Morgan fingerprint density at radius 2 is 1.79 bits per heavy atom. The molecular weight excluding hydrogens is 388 g/mol. The topological polar surface area (TPSA) is 58.6 Å². The van der Waals surface area contributed by atoms with Gasteiger partial charge in [-0.1, -0.05) is 42.8 Å². The lowest BCUT2D eigenvalue weighted by Crippen LogP contribution is -2.50. The van der Waals surface area contributed by atoms with E-state index in [1.165, 1.54) is 0 Å². The van der Waals surface area contributed by atoms with Crippen molar-refractivity contribution >= 4 is 23.4 Å². The van der Waals surface area contributed by atoms with Crippen LogP contribution in [0.15, 0.2) is 42.5 Å². The van der Waals surface area contributed by atoms with Crippen molar-refractivity contribution in [1.29, 1.82) is 0 Å². The van der Waals surface area contributed by atoms with E-state index in [0.29, 0.717) is 30.3 Å². The number of carbonyl (C=O) groups excluding carboxylic acids is 2. The van der Waals surface area contributed by atoms with E-state index in [0.717, 1.165) is 16.7 Å². The summed E-state index contributed by atoms with van der Waals surface area (Å²) in [5, 5.41) is 3.45. The molecule has 0 spiro atoms. The number of nitrogens with zero attached hydrogens (tertiary/aromatic N) is 1. The van der Waals surface area contributed by atoms with Crippen molar-refractivity contribution < 1.29 is 14.3 Å². The van der Waals surface area contributed by atoms with Gasteiger partial charge in [0, 0.05) is 18.1 Å². The number of benzene rings is 2. The van der Waals surface area contributed by atoms with Crippen molar-refractivity contribution in [2.75, 3.05) is 13.2 Å². The number of likely N-dealkylation sites (N-methyl/N-ethyl adjacent to an activating group) is 1. The van der Waals surface area contributed by atoms with Crippen molar-refractivity contribution in [3.05, 3.63) is 64.2 Å². The minimum atomic E-state index is -0.569. The molecule has 2 rings (SSSR count). The molecule has 156 valence electrons. The van der Waals surface area contributed by atoms with Gasteiger partial charge in [0.05, 0.1) is 0 Å². The van der Waals surface area contributed by atoms with Crippen LogP contribution in [0, 0.1) is 13.8 Å². The zero-order chi connectivity index (χ0) is 21.4. The molecule has 0 bridgehead atoms. The summed E-state index contributed by atoms with van der Waals surface area (Å²) in [5.41, 5.74) is 2.92. The molecule has 0 aliphatic carbocycles. The van der Waals surface area contributed by atoms with Crippen LogP contribution in [0.1, 0.15) is 37.0 Å². The number of hydrogen-bond acceptors (Lipinski definition) is 3. The Balaban J connectivity index is 2.21. The fourth-order valence-electron chi connectivity index (χ4n) is 3.08. The number of aryl methyl sites for hydroxylation is 2. The van der Waals surface area contributed by atoms with Gasteiger partial charge in [0.25, 0.3) is 5.91 Å². The van der Waals surface area contributed by atoms with Crippen LogP contribution in [0.3, 0.4) is 0 Å². The summed E-state index contributed by atoms with van der Waals surface area (Å²) < 4.78 is 5.81. The van der Waals surface area contributed by atoms with Gasteiger partial charge >= 0.3 is 0 Å². The third-order valence-electron chi connectivity index (χ3n) is 4.70. The molecule has 2 aromatic carbocycles. The lowest BCUT2D eigenvalue weighted by atomic mass is 10.1. The van der Waals surface area contributed by atoms with E-state index in [-0.39, 0.29) is 18.4 Å².